The number of anilines is 1. The largest absolute Gasteiger partial charge is 0.477 e. The number of pyridine rings is 1. The monoisotopic (exact) mass is 557 g/mol. The first-order valence-electron chi connectivity index (χ1n) is 14.3. The first-order valence-corrected chi connectivity index (χ1v) is 15.2. The number of unbranched alkanes of at least 4 members (excludes halogenated alkanes) is 7. The molecule has 0 bridgehead atoms. The maximum absolute atomic E-state index is 15.2. The number of amides is 1. The molecule has 0 spiro atoms. The maximum Gasteiger partial charge on any atom is 0.342 e. The van der Waals surface area contributed by atoms with Crippen LogP contribution in [0.1, 0.15) is 93.8 Å². The first-order chi connectivity index (χ1) is 18.8. The van der Waals surface area contributed by atoms with Crippen LogP contribution < -0.4 is 10.3 Å². The number of piperazine rings is 1. The summed E-state index contributed by atoms with van der Waals surface area (Å²) in [4.78, 5) is 41.0. The molecule has 9 heteroatoms. The van der Waals surface area contributed by atoms with Gasteiger partial charge in [-0.15, -0.1) is 0 Å². The molecule has 1 N–H and O–H groups in total. The van der Waals surface area contributed by atoms with E-state index < -0.39 is 17.2 Å². The zero-order valence-corrected chi connectivity index (χ0v) is 23.9. The highest BCUT2D eigenvalue weighted by molar-refractivity contribution is 8.00. The van der Waals surface area contributed by atoms with Gasteiger partial charge in [-0.25, -0.2) is 9.18 Å². The van der Waals surface area contributed by atoms with Gasteiger partial charge in [0.25, 0.3) is 0 Å². The van der Waals surface area contributed by atoms with Crippen molar-refractivity contribution >= 4 is 40.2 Å². The number of carboxylic acids is 1. The number of allylic oxidation sites excluding steroid dienone is 2. The number of aromatic carboxylic acids is 1. The van der Waals surface area contributed by atoms with Gasteiger partial charge >= 0.3 is 5.97 Å². The standard InChI is InChI=1S/C30H40FN3O4S/c1-3-4-5-6-7-8-9-10-11-12-13-14-26(35)33-17-15-32(16-18-33)25-20-24-22(19-23(25)31)28(36)27(30(37)38)29-34(24)21(2)39-29/h6-7,19-21H,3-5,8-18H2,1-2H3,(H,37,38)/b7-6-. The number of hydrogen-bond acceptors (Lipinski definition) is 5. The fourth-order valence-electron chi connectivity index (χ4n) is 5.45. The average Bonchev–Trinajstić information content (AvgIpc) is 2.91. The molecule has 0 aliphatic carbocycles. The summed E-state index contributed by atoms with van der Waals surface area (Å²) in [5, 5.41) is 9.99. The van der Waals surface area contributed by atoms with E-state index in [1.165, 1.54) is 49.9 Å². The van der Waals surface area contributed by atoms with E-state index in [0.29, 0.717) is 48.8 Å². The van der Waals surface area contributed by atoms with Gasteiger partial charge in [-0.05, 0) is 44.7 Å². The van der Waals surface area contributed by atoms with Gasteiger partial charge < -0.3 is 19.5 Å². The van der Waals surface area contributed by atoms with Crippen molar-refractivity contribution in [3.63, 3.8) is 0 Å². The molecule has 7 nitrogen and oxygen atoms in total. The molecule has 1 aromatic heterocycles. The van der Waals surface area contributed by atoms with E-state index >= 15 is 4.39 Å². The smallest absolute Gasteiger partial charge is 0.342 e. The zero-order valence-electron chi connectivity index (χ0n) is 23.1. The Labute approximate surface area is 234 Å². The van der Waals surface area contributed by atoms with Gasteiger partial charge in [-0.2, -0.15) is 0 Å². The zero-order chi connectivity index (χ0) is 27.9. The molecule has 3 heterocycles. The molecule has 1 atom stereocenters. The average molecular weight is 558 g/mol. The predicted molar refractivity (Wildman–Crippen MR) is 155 cm³/mol. The van der Waals surface area contributed by atoms with Crippen LogP contribution in [0.2, 0.25) is 0 Å². The van der Waals surface area contributed by atoms with Crippen molar-refractivity contribution in [2.45, 2.75) is 88.5 Å². The molecule has 1 amide bonds. The number of carbonyl (C=O) groups is 2. The topological polar surface area (TPSA) is 82.8 Å². The lowest BCUT2D eigenvalue weighted by molar-refractivity contribution is -0.131. The van der Waals surface area contributed by atoms with E-state index in [4.69, 9.17) is 0 Å². The van der Waals surface area contributed by atoms with Crippen LogP contribution in [0, 0.1) is 5.82 Å². The van der Waals surface area contributed by atoms with Gasteiger partial charge in [0.05, 0.1) is 21.6 Å². The number of hydrogen-bond donors (Lipinski definition) is 1. The van der Waals surface area contributed by atoms with Gasteiger partial charge in [0.1, 0.15) is 11.4 Å². The summed E-state index contributed by atoms with van der Waals surface area (Å²) in [5.74, 6) is -1.68. The molecular weight excluding hydrogens is 517 g/mol. The van der Waals surface area contributed by atoms with Crippen molar-refractivity contribution in [3.8, 4) is 0 Å². The van der Waals surface area contributed by atoms with Crippen LogP contribution in [0.4, 0.5) is 10.1 Å². The number of fused-ring (bicyclic) bond motifs is 3. The molecule has 2 aliphatic heterocycles. The molecule has 212 valence electrons. The Balaban J connectivity index is 1.27. The number of rotatable bonds is 13. The minimum absolute atomic E-state index is 0.0404. The lowest BCUT2D eigenvalue weighted by Crippen LogP contribution is -2.49. The Morgan fingerprint density at radius 1 is 1.03 bits per heavy atom. The molecule has 0 radical (unpaired) electrons. The highest BCUT2D eigenvalue weighted by Crippen LogP contribution is 2.46. The highest BCUT2D eigenvalue weighted by Gasteiger charge is 2.33. The number of nitrogens with zero attached hydrogens (tertiary/aromatic N) is 3. The molecule has 2 aliphatic rings. The van der Waals surface area contributed by atoms with Crippen LogP contribution in [-0.2, 0) is 4.79 Å². The van der Waals surface area contributed by atoms with Gasteiger partial charge in [-0.3, -0.25) is 9.59 Å². The van der Waals surface area contributed by atoms with Crippen molar-refractivity contribution in [1.82, 2.24) is 9.47 Å². The van der Waals surface area contributed by atoms with Crippen LogP contribution in [0.25, 0.3) is 10.9 Å². The van der Waals surface area contributed by atoms with E-state index in [1.807, 2.05) is 16.7 Å². The fraction of sp³-hybridized carbons (Fsp3) is 0.567. The van der Waals surface area contributed by atoms with Gasteiger partial charge in [0.15, 0.2) is 0 Å². The molecule has 2 aromatic rings. The molecule has 39 heavy (non-hydrogen) atoms. The first kappa shape index (κ1) is 29.2. The summed E-state index contributed by atoms with van der Waals surface area (Å²) in [5.41, 5.74) is -0.00662. The second-order valence-corrected chi connectivity index (χ2v) is 11.8. The number of thioether (sulfide) groups is 1. The highest BCUT2D eigenvalue weighted by atomic mass is 32.2. The minimum atomic E-state index is -1.29. The Kier molecular flexibility index (Phi) is 10.1. The van der Waals surface area contributed by atoms with E-state index in [9.17, 15) is 19.5 Å². The van der Waals surface area contributed by atoms with E-state index in [2.05, 4.69) is 19.1 Å². The Morgan fingerprint density at radius 2 is 1.69 bits per heavy atom. The van der Waals surface area contributed by atoms with Crippen LogP contribution >= 0.6 is 11.8 Å². The van der Waals surface area contributed by atoms with Gasteiger partial charge in [0.2, 0.25) is 11.3 Å². The summed E-state index contributed by atoms with van der Waals surface area (Å²) in [6.07, 6.45) is 15.5. The number of benzene rings is 1. The third-order valence-electron chi connectivity index (χ3n) is 7.71. The van der Waals surface area contributed by atoms with Gasteiger partial charge in [-0.1, -0.05) is 62.9 Å². The normalized spacial score (nSPS) is 17.1. The third kappa shape index (κ3) is 6.68. The van der Waals surface area contributed by atoms with Crippen molar-refractivity contribution in [2.24, 2.45) is 0 Å². The molecular formula is C30H40FN3O4S. The van der Waals surface area contributed by atoms with Crippen LogP contribution in [0.3, 0.4) is 0 Å². The molecule has 1 aromatic carbocycles. The summed E-state index contributed by atoms with van der Waals surface area (Å²) < 4.78 is 17.0. The molecule has 1 saturated heterocycles. The maximum atomic E-state index is 15.2. The Morgan fingerprint density at radius 3 is 2.36 bits per heavy atom. The molecule has 0 saturated carbocycles. The lowest BCUT2D eigenvalue weighted by Gasteiger charge is -2.37. The van der Waals surface area contributed by atoms with Crippen LogP contribution in [-0.4, -0.2) is 52.6 Å². The Hall–Kier alpha value is -2.81. The molecule has 4 rings (SSSR count). The van der Waals surface area contributed by atoms with Gasteiger partial charge in [0, 0.05) is 38.0 Å². The van der Waals surface area contributed by atoms with Crippen molar-refractivity contribution < 1.29 is 19.1 Å². The quantitative estimate of drug-likeness (QED) is 0.221. The predicted octanol–water partition coefficient (Wildman–Crippen LogP) is 6.59. The third-order valence-corrected chi connectivity index (χ3v) is 8.89. The molecule has 1 fully saturated rings. The Bertz CT molecular complexity index is 1280. The van der Waals surface area contributed by atoms with Crippen molar-refractivity contribution in [1.29, 1.82) is 0 Å². The SMILES string of the molecule is CCCC/C=C\CCCCCCCC(=O)N1CCN(c2cc3c(cc2F)c(=O)c(C(=O)O)c2n3C(C)S2)CC1. The summed E-state index contributed by atoms with van der Waals surface area (Å²) >= 11 is 1.33. The van der Waals surface area contributed by atoms with Crippen molar-refractivity contribution in [3.05, 3.63) is 45.9 Å². The molecule has 1 unspecified atom stereocenters. The number of halogens is 1. The van der Waals surface area contributed by atoms with E-state index in [-0.39, 0.29) is 22.2 Å². The lowest BCUT2D eigenvalue weighted by atomic mass is 10.1. The number of carboxylic acid groups (broad SMARTS) is 1. The van der Waals surface area contributed by atoms with E-state index in [0.717, 1.165) is 25.7 Å². The number of carbonyl (C=O) groups excluding carboxylic acids is 1. The minimum Gasteiger partial charge on any atom is -0.477 e. The van der Waals surface area contributed by atoms with Crippen molar-refractivity contribution in [2.75, 3.05) is 31.1 Å². The van der Waals surface area contributed by atoms with Crippen LogP contribution in [0.5, 0.6) is 0 Å². The second-order valence-electron chi connectivity index (χ2n) is 10.5. The second kappa shape index (κ2) is 13.5. The fourth-order valence-corrected chi connectivity index (χ4v) is 6.60. The van der Waals surface area contributed by atoms with E-state index in [1.54, 1.807) is 10.6 Å². The summed E-state index contributed by atoms with van der Waals surface area (Å²) in [6, 6.07) is 2.83. The summed E-state index contributed by atoms with van der Waals surface area (Å²) in [6.45, 7) is 6.21. The number of aromatic nitrogens is 1. The summed E-state index contributed by atoms with van der Waals surface area (Å²) in [7, 11) is 0. The van der Waals surface area contributed by atoms with Crippen LogP contribution in [0.15, 0.2) is 34.1 Å².